The monoisotopic (exact) mass is 738 g/mol. The number of carbonyl (C=O) groups excluding carboxylic acids is 1. The summed E-state index contributed by atoms with van der Waals surface area (Å²) in [7, 11) is 0. The Morgan fingerprint density at radius 3 is 1.32 bits per heavy atom. The van der Waals surface area contributed by atoms with E-state index in [9.17, 15) is 15.0 Å². The van der Waals surface area contributed by atoms with Gasteiger partial charge in [-0.15, -0.1) is 0 Å². The molecule has 4 heteroatoms. The number of carbonyl (C=O) groups is 1. The minimum atomic E-state index is -0.872. The van der Waals surface area contributed by atoms with E-state index >= 15 is 0 Å². The zero-order valence-electron chi connectivity index (χ0n) is 35.0. The fourth-order valence-corrected chi connectivity index (χ4v) is 6.48. The van der Waals surface area contributed by atoms with E-state index in [2.05, 4.69) is 79.9 Å². The van der Waals surface area contributed by atoms with Crippen LogP contribution < -0.4 is 5.32 Å². The van der Waals surface area contributed by atoms with Gasteiger partial charge in [-0.25, -0.2) is 0 Å². The lowest BCUT2D eigenvalue weighted by Gasteiger charge is -2.19. The Labute approximate surface area is 329 Å². The van der Waals surface area contributed by atoms with Crippen molar-refractivity contribution in [1.82, 2.24) is 5.32 Å². The molecule has 0 spiro atoms. The lowest BCUT2D eigenvalue weighted by Crippen LogP contribution is -2.45. The van der Waals surface area contributed by atoms with Gasteiger partial charge in [-0.1, -0.05) is 209 Å². The maximum absolute atomic E-state index is 12.4. The highest BCUT2D eigenvalue weighted by atomic mass is 16.3. The van der Waals surface area contributed by atoms with E-state index in [1.165, 1.54) is 122 Å². The number of aliphatic hydroxyl groups excluding tert-OH is 2. The molecule has 0 aromatic carbocycles. The van der Waals surface area contributed by atoms with Crippen LogP contribution in [-0.2, 0) is 4.79 Å². The average Bonchev–Trinajstić information content (AvgIpc) is 3.16. The summed E-state index contributed by atoms with van der Waals surface area (Å²) in [5.74, 6) is -0.0899. The number of hydrogen-bond acceptors (Lipinski definition) is 3. The molecule has 0 radical (unpaired) electrons. The summed E-state index contributed by atoms with van der Waals surface area (Å²) in [5.41, 5.74) is 0. The fourth-order valence-electron chi connectivity index (χ4n) is 6.48. The first-order chi connectivity index (χ1) is 26.2. The summed E-state index contributed by atoms with van der Waals surface area (Å²) in [6.07, 6.45) is 63.0. The second-order valence-corrected chi connectivity index (χ2v) is 15.1. The first-order valence-corrected chi connectivity index (χ1v) is 22.7. The fraction of sp³-hybridized carbons (Fsp3) is 0.735. The van der Waals surface area contributed by atoms with Gasteiger partial charge >= 0.3 is 0 Å². The van der Waals surface area contributed by atoms with E-state index < -0.39 is 12.1 Å². The summed E-state index contributed by atoms with van der Waals surface area (Å²) in [6.45, 7) is 4.18. The van der Waals surface area contributed by atoms with Gasteiger partial charge in [0.15, 0.2) is 0 Å². The molecule has 2 unspecified atom stereocenters. The number of hydrogen-bond donors (Lipinski definition) is 3. The van der Waals surface area contributed by atoms with Gasteiger partial charge in [0.2, 0.25) is 5.91 Å². The second-order valence-electron chi connectivity index (χ2n) is 15.1. The summed E-state index contributed by atoms with van der Waals surface area (Å²) >= 11 is 0. The van der Waals surface area contributed by atoms with Crippen LogP contribution in [-0.4, -0.2) is 34.9 Å². The van der Waals surface area contributed by atoms with Gasteiger partial charge in [-0.3, -0.25) is 4.79 Å². The Balaban J connectivity index is 3.65. The second kappa shape index (κ2) is 44.2. The van der Waals surface area contributed by atoms with Crippen molar-refractivity contribution < 1.29 is 15.0 Å². The molecule has 0 rings (SSSR count). The van der Waals surface area contributed by atoms with Crippen LogP contribution in [0.1, 0.15) is 213 Å². The third-order valence-electron chi connectivity index (χ3n) is 9.92. The third-order valence-corrected chi connectivity index (χ3v) is 9.92. The van der Waals surface area contributed by atoms with Crippen LogP contribution in [0.15, 0.2) is 72.9 Å². The van der Waals surface area contributed by atoms with Gasteiger partial charge in [0.05, 0.1) is 18.8 Å². The maximum atomic E-state index is 12.4. The lowest BCUT2D eigenvalue weighted by atomic mass is 10.0. The van der Waals surface area contributed by atoms with E-state index in [4.69, 9.17) is 0 Å². The Kier molecular flexibility index (Phi) is 42.4. The standard InChI is InChI=1S/C49H87NO3/c1-3-5-7-9-11-13-15-17-19-21-23-24-25-27-28-30-32-34-36-38-40-42-44-48(52)47(46-51)50-49(53)45-43-41-39-37-35-33-31-29-26-22-20-18-16-14-12-10-8-6-4-2/h6,8,12,14,18,20,26,29,34,36,42,44,47-48,51-52H,3-5,7,9-11,13,15-17,19,21-25,27-28,30-33,35,37-41,43,45-46H2,1-2H3,(H,50,53)/b8-6-,14-12-,20-18-,29-26-,36-34+,44-42+. The molecule has 0 aliphatic heterocycles. The first kappa shape index (κ1) is 50.8. The number of unbranched alkanes of at least 4 members (excludes halogenated alkanes) is 23. The van der Waals surface area contributed by atoms with Crippen molar-refractivity contribution in [2.75, 3.05) is 6.61 Å². The molecule has 306 valence electrons. The zero-order valence-corrected chi connectivity index (χ0v) is 35.0. The maximum Gasteiger partial charge on any atom is 0.220 e. The van der Waals surface area contributed by atoms with Crippen molar-refractivity contribution >= 4 is 5.91 Å². The van der Waals surface area contributed by atoms with Crippen molar-refractivity contribution in [3.8, 4) is 0 Å². The third kappa shape index (κ3) is 40.8. The SMILES string of the molecule is CC/C=C\C/C=C\C/C=C\C/C=C\CCCCCCCCC(=O)NC(CO)C(O)/C=C/CC/C=C/CCCCCCCCCCCCCCCCCC. The van der Waals surface area contributed by atoms with E-state index in [1.807, 2.05) is 6.08 Å². The predicted molar refractivity (Wildman–Crippen MR) is 234 cm³/mol. The minimum Gasteiger partial charge on any atom is -0.394 e. The molecule has 2 atom stereocenters. The Hall–Kier alpha value is -2.17. The predicted octanol–water partition coefficient (Wildman–Crippen LogP) is 14.3. The van der Waals surface area contributed by atoms with E-state index in [0.717, 1.165) is 70.6 Å². The van der Waals surface area contributed by atoms with E-state index in [0.29, 0.717) is 6.42 Å². The first-order valence-electron chi connectivity index (χ1n) is 22.7. The highest BCUT2D eigenvalue weighted by molar-refractivity contribution is 5.76. The molecule has 1 amide bonds. The molecule has 0 saturated heterocycles. The van der Waals surface area contributed by atoms with Gasteiger partial charge in [-0.2, -0.15) is 0 Å². The van der Waals surface area contributed by atoms with Crippen molar-refractivity contribution in [3.05, 3.63) is 72.9 Å². The molecule has 4 nitrogen and oxygen atoms in total. The van der Waals surface area contributed by atoms with Crippen LogP contribution in [0.5, 0.6) is 0 Å². The van der Waals surface area contributed by atoms with Crippen LogP contribution in [0.25, 0.3) is 0 Å². The highest BCUT2D eigenvalue weighted by Crippen LogP contribution is 2.14. The molecule has 0 aromatic rings. The Bertz CT molecular complexity index is 930. The zero-order chi connectivity index (χ0) is 38.6. The molecule has 0 fully saturated rings. The summed E-state index contributed by atoms with van der Waals surface area (Å²) in [4.78, 5) is 12.4. The molecule has 0 aliphatic rings. The van der Waals surface area contributed by atoms with Crippen molar-refractivity contribution in [2.24, 2.45) is 0 Å². The Morgan fingerprint density at radius 2 is 0.849 bits per heavy atom. The Morgan fingerprint density at radius 1 is 0.472 bits per heavy atom. The number of aliphatic hydroxyl groups is 2. The molecular weight excluding hydrogens is 651 g/mol. The summed E-state index contributed by atoms with van der Waals surface area (Å²) < 4.78 is 0. The smallest absolute Gasteiger partial charge is 0.220 e. The van der Waals surface area contributed by atoms with Crippen molar-refractivity contribution in [3.63, 3.8) is 0 Å². The molecule has 0 aromatic heterocycles. The number of rotatable bonds is 40. The van der Waals surface area contributed by atoms with Crippen LogP contribution in [0.3, 0.4) is 0 Å². The molecule has 3 N–H and O–H groups in total. The summed E-state index contributed by atoms with van der Waals surface area (Å²) in [6, 6.07) is -0.650. The topological polar surface area (TPSA) is 69.6 Å². The van der Waals surface area contributed by atoms with Gasteiger partial charge in [0, 0.05) is 6.42 Å². The van der Waals surface area contributed by atoms with Gasteiger partial charge in [0.1, 0.15) is 0 Å². The largest absolute Gasteiger partial charge is 0.394 e. The normalized spacial score (nSPS) is 13.7. The van der Waals surface area contributed by atoms with Crippen molar-refractivity contribution in [2.45, 2.75) is 225 Å². The van der Waals surface area contributed by atoms with Crippen molar-refractivity contribution in [1.29, 1.82) is 0 Å². The molecule has 0 aliphatic carbocycles. The minimum absolute atomic E-state index is 0.0899. The van der Waals surface area contributed by atoms with Gasteiger partial charge in [-0.05, 0) is 70.6 Å². The van der Waals surface area contributed by atoms with Crippen LogP contribution in [0.4, 0.5) is 0 Å². The number of allylic oxidation sites excluding steroid dienone is 11. The molecule has 0 bridgehead atoms. The molecule has 0 saturated carbocycles. The molecular formula is C49H87NO3. The van der Waals surface area contributed by atoms with Crippen LogP contribution in [0.2, 0.25) is 0 Å². The molecule has 53 heavy (non-hydrogen) atoms. The van der Waals surface area contributed by atoms with E-state index in [1.54, 1.807) is 6.08 Å². The summed E-state index contributed by atoms with van der Waals surface area (Å²) in [5, 5.41) is 23.0. The van der Waals surface area contributed by atoms with Crippen LogP contribution in [0, 0.1) is 0 Å². The molecule has 0 heterocycles. The highest BCUT2D eigenvalue weighted by Gasteiger charge is 2.17. The number of amides is 1. The van der Waals surface area contributed by atoms with Crippen LogP contribution >= 0.6 is 0 Å². The lowest BCUT2D eigenvalue weighted by molar-refractivity contribution is -0.123. The van der Waals surface area contributed by atoms with Gasteiger partial charge < -0.3 is 15.5 Å². The number of nitrogens with one attached hydrogen (secondary N) is 1. The van der Waals surface area contributed by atoms with E-state index in [-0.39, 0.29) is 12.5 Å². The van der Waals surface area contributed by atoms with Gasteiger partial charge in [0.25, 0.3) is 0 Å². The quantitative estimate of drug-likeness (QED) is 0.0433. The average molecular weight is 738 g/mol.